The summed E-state index contributed by atoms with van der Waals surface area (Å²) in [7, 11) is 1.72. The van der Waals surface area contributed by atoms with Crippen LogP contribution in [0.1, 0.15) is 0 Å². The highest BCUT2D eigenvalue weighted by Crippen LogP contribution is 2.13. The lowest BCUT2D eigenvalue weighted by Gasteiger charge is -2.28. The zero-order valence-corrected chi connectivity index (χ0v) is 10.5. The number of hydrogen-bond donors (Lipinski definition) is 1. The van der Waals surface area contributed by atoms with Crippen molar-refractivity contribution in [2.45, 2.75) is 0 Å². The summed E-state index contributed by atoms with van der Waals surface area (Å²) >= 11 is 0. The first-order valence-corrected chi connectivity index (χ1v) is 6.12. The summed E-state index contributed by atoms with van der Waals surface area (Å²) in [5, 5.41) is 3.25. The highest BCUT2D eigenvalue weighted by atomic mass is 19.1. The minimum Gasteiger partial charge on any atom is -0.314 e. The van der Waals surface area contributed by atoms with Gasteiger partial charge in [-0.2, -0.15) is 0 Å². The van der Waals surface area contributed by atoms with E-state index >= 15 is 0 Å². The summed E-state index contributed by atoms with van der Waals surface area (Å²) in [6.07, 6.45) is 0. The molecule has 0 spiro atoms. The van der Waals surface area contributed by atoms with Gasteiger partial charge in [0.25, 0.3) is 0 Å². The van der Waals surface area contributed by atoms with Crippen LogP contribution in [0.3, 0.4) is 0 Å². The number of hydrogen-bond acceptors (Lipinski definition) is 3. The Morgan fingerprint density at radius 1 is 1.33 bits per heavy atom. The quantitative estimate of drug-likeness (QED) is 0.858. The van der Waals surface area contributed by atoms with Gasteiger partial charge < -0.3 is 10.2 Å². The summed E-state index contributed by atoms with van der Waals surface area (Å²) in [5.74, 6) is -0.259. The number of carbonyl (C=O) groups is 1. The van der Waals surface area contributed by atoms with Gasteiger partial charge in [0.15, 0.2) is 0 Å². The van der Waals surface area contributed by atoms with Crippen LogP contribution in [-0.2, 0) is 4.79 Å². The second-order valence-electron chi connectivity index (χ2n) is 4.46. The fraction of sp³-hybridized carbons (Fsp3) is 0.462. The molecular formula is C13H18FN3O. The SMILES string of the molecule is CN(C(=O)CN1CCNCC1)c1ccc(F)cc1. The van der Waals surface area contributed by atoms with Gasteiger partial charge >= 0.3 is 0 Å². The largest absolute Gasteiger partial charge is 0.314 e. The molecule has 1 aliphatic heterocycles. The van der Waals surface area contributed by atoms with Gasteiger partial charge in [0.2, 0.25) is 5.91 Å². The molecule has 0 aliphatic carbocycles. The van der Waals surface area contributed by atoms with E-state index in [1.807, 2.05) is 0 Å². The number of benzene rings is 1. The van der Waals surface area contributed by atoms with Gasteiger partial charge in [-0.05, 0) is 24.3 Å². The molecule has 1 N–H and O–H groups in total. The Morgan fingerprint density at radius 3 is 2.56 bits per heavy atom. The number of amides is 1. The van der Waals surface area contributed by atoms with Gasteiger partial charge in [0.05, 0.1) is 6.54 Å². The topological polar surface area (TPSA) is 35.6 Å². The van der Waals surface area contributed by atoms with Crippen LogP contribution in [-0.4, -0.2) is 50.6 Å². The van der Waals surface area contributed by atoms with E-state index in [-0.39, 0.29) is 11.7 Å². The van der Waals surface area contributed by atoms with Crippen molar-refractivity contribution in [1.82, 2.24) is 10.2 Å². The van der Waals surface area contributed by atoms with E-state index in [9.17, 15) is 9.18 Å². The lowest BCUT2D eigenvalue weighted by atomic mass is 10.2. The van der Waals surface area contributed by atoms with Crippen molar-refractivity contribution in [3.8, 4) is 0 Å². The molecule has 2 rings (SSSR count). The predicted molar refractivity (Wildman–Crippen MR) is 69.1 cm³/mol. The number of rotatable bonds is 3. The Morgan fingerprint density at radius 2 is 1.94 bits per heavy atom. The zero-order chi connectivity index (χ0) is 13.0. The maximum atomic E-state index is 12.8. The normalized spacial score (nSPS) is 16.6. The molecule has 1 saturated heterocycles. The van der Waals surface area contributed by atoms with E-state index in [2.05, 4.69) is 10.2 Å². The van der Waals surface area contributed by atoms with Gasteiger partial charge in [0, 0.05) is 38.9 Å². The standard InChI is InChI=1S/C13H18FN3O/c1-16(12-4-2-11(14)3-5-12)13(18)10-17-8-6-15-7-9-17/h2-5,15H,6-10H2,1H3. The van der Waals surface area contributed by atoms with Gasteiger partial charge in [-0.3, -0.25) is 9.69 Å². The molecule has 0 radical (unpaired) electrons. The Kier molecular flexibility index (Phi) is 4.28. The molecular weight excluding hydrogens is 233 g/mol. The van der Waals surface area contributed by atoms with Crippen LogP contribution in [0.5, 0.6) is 0 Å². The number of nitrogens with one attached hydrogen (secondary N) is 1. The van der Waals surface area contributed by atoms with E-state index in [0.717, 1.165) is 31.9 Å². The van der Waals surface area contributed by atoms with Crippen molar-refractivity contribution in [3.05, 3.63) is 30.1 Å². The van der Waals surface area contributed by atoms with Crippen LogP contribution in [0.15, 0.2) is 24.3 Å². The number of piperazine rings is 1. The van der Waals surface area contributed by atoms with E-state index in [1.54, 1.807) is 24.1 Å². The molecule has 1 fully saturated rings. The Labute approximate surface area is 106 Å². The first kappa shape index (κ1) is 13.0. The number of halogens is 1. The second kappa shape index (κ2) is 5.93. The highest BCUT2D eigenvalue weighted by Gasteiger charge is 2.17. The van der Waals surface area contributed by atoms with Crippen LogP contribution in [0.25, 0.3) is 0 Å². The van der Waals surface area contributed by atoms with E-state index in [0.29, 0.717) is 6.54 Å². The summed E-state index contributed by atoms with van der Waals surface area (Å²) in [5.41, 5.74) is 0.719. The fourth-order valence-corrected chi connectivity index (χ4v) is 1.98. The fourth-order valence-electron chi connectivity index (χ4n) is 1.98. The number of carbonyl (C=O) groups excluding carboxylic acids is 1. The van der Waals surface area contributed by atoms with Crippen molar-refractivity contribution >= 4 is 11.6 Å². The first-order valence-electron chi connectivity index (χ1n) is 6.12. The third-order valence-electron chi connectivity index (χ3n) is 3.16. The molecule has 98 valence electrons. The molecule has 0 aromatic heterocycles. The smallest absolute Gasteiger partial charge is 0.240 e. The van der Waals surface area contributed by atoms with E-state index in [1.165, 1.54) is 12.1 Å². The van der Waals surface area contributed by atoms with E-state index < -0.39 is 0 Å². The van der Waals surface area contributed by atoms with Gasteiger partial charge in [-0.1, -0.05) is 0 Å². The summed E-state index contributed by atoms with van der Waals surface area (Å²) in [4.78, 5) is 15.8. The second-order valence-corrected chi connectivity index (χ2v) is 4.46. The molecule has 18 heavy (non-hydrogen) atoms. The van der Waals surface area contributed by atoms with Crippen molar-refractivity contribution in [3.63, 3.8) is 0 Å². The summed E-state index contributed by atoms with van der Waals surface area (Å²) in [6, 6.07) is 5.96. The van der Waals surface area contributed by atoms with Crippen LogP contribution >= 0.6 is 0 Å². The maximum Gasteiger partial charge on any atom is 0.240 e. The molecule has 0 atom stereocenters. The molecule has 0 unspecified atom stereocenters. The molecule has 1 aromatic rings. The molecule has 0 saturated carbocycles. The number of nitrogens with zero attached hydrogens (tertiary/aromatic N) is 2. The minimum absolute atomic E-state index is 0.0310. The summed E-state index contributed by atoms with van der Waals surface area (Å²) < 4.78 is 12.8. The third-order valence-corrected chi connectivity index (χ3v) is 3.16. The lowest BCUT2D eigenvalue weighted by molar-refractivity contribution is -0.119. The average molecular weight is 251 g/mol. The van der Waals surface area contributed by atoms with Crippen molar-refractivity contribution in [2.75, 3.05) is 44.7 Å². The first-order chi connectivity index (χ1) is 8.66. The average Bonchev–Trinajstić information content (AvgIpc) is 2.40. The number of likely N-dealkylation sites (N-methyl/N-ethyl adjacent to an activating group) is 1. The van der Waals surface area contributed by atoms with Crippen LogP contribution < -0.4 is 10.2 Å². The molecule has 1 aliphatic rings. The molecule has 5 heteroatoms. The Hall–Kier alpha value is -1.46. The van der Waals surface area contributed by atoms with Gasteiger partial charge in [0.1, 0.15) is 5.82 Å². The molecule has 4 nitrogen and oxygen atoms in total. The highest BCUT2D eigenvalue weighted by molar-refractivity contribution is 5.94. The third kappa shape index (κ3) is 3.27. The maximum absolute atomic E-state index is 12.8. The van der Waals surface area contributed by atoms with Crippen molar-refractivity contribution in [2.24, 2.45) is 0 Å². The Balaban J connectivity index is 1.93. The molecule has 0 bridgehead atoms. The molecule has 1 aromatic carbocycles. The number of anilines is 1. The van der Waals surface area contributed by atoms with Crippen LogP contribution in [0.2, 0.25) is 0 Å². The van der Waals surface area contributed by atoms with Crippen LogP contribution in [0, 0.1) is 5.82 Å². The zero-order valence-electron chi connectivity index (χ0n) is 10.5. The lowest BCUT2D eigenvalue weighted by Crippen LogP contribution is -2.47. The monoisotopic (exact) mass is 251 g/mol. The summed E-state index contributed by atoms with van der Waals surface area (Å²) in [6.45, 7) is 4.04. The Bertz CT molecular complexity index is 401. The van der Waals surface area contributed by atoms with Crippen molar-refractivity contribution < 1.29 is 9.18 Å². The molecule has 1 heterocycles. The van der Waals surface area contributed by atoms with Gasteiger partial charge in [-0.15, -0.1) is 0 Å². The predicted octanol–water partition coefficient (Wildman–Crippen LogP) is 0.694. The molecule has 1 amide bonds. The van der Waals surface area contributed by atoms with Gasteiger partial charge in [-0.25, -0.2) is 4.39 Å². The van der Waals surface area contributed by atoms with Crippen molar-refractivity contribution in [1.29, 1.82) is 0 Å². The van der Waals surface area contributed by atoms with Crippen LogP contribution in [0.4, 0.5) is 10.1 Å². The minimum atomic E-state index is -0.290. The van der Waals surface area contributed by atoms with E-state index in [4.69, 9.17) is 0 Å².